The van der Waals surface area contributed by atoms with E-state index in [4.69, 9.17) is 8.76 Å². The van der Waals surface area contributed by atoms with Crippen LogP contribution in [0.2, 0.25) is 0 Å². The van der Waals surface area contributed by atoms with Crippen molar-refractivity contribution >= 4 is 11.5 Å². The molecule has 0 saturated carbocycles. The van der Waals surface area contributed by atoms with E-state index >= 15 is 0 Å². The van der Waals surface area contributed by atoms with Crippen molar-refractivity contribution in [2.75, 3.05) is 0 Å². The van der Waals surface area contributed by atoms with Crippen LogP contribution in [0, 0.1) is 0 Å². The van der Waals surface area contributed by atoms with E-state index < -0.39 is 35.8 Å². The summed E-state index contributed by atoms with van der Waals surface area (Å²) in [7, 11) is 0. The Bertz CT molecular complexity index is 289. The summed E-state index contributed by atoms with van der Waals surface area (Å²) in [6.07, 6.45) is -15.6. The highest BCUT2D eigenvalue weighted by Crippen LogP contribution is 2.38. The Kier molecular flexibility index (Phi) is 7.23. The monoisotopic (exact) mass is 299 g/mol. The maximum Gasteiger partial charge on any atom is 0.500 e. The molecule has 0 rings (SSSR count). The summed E-state index contributed by atoms with van der Waals surface area (Å²) in [6.45, 7) is 0. The second-order valence-electron chi connectivity index (χ2n) is 1.84. The second kappa shape index (κ2) is 6.68. The first kappa shape index (κ1) is 18.4. The fraction of sp³-hybridized carbons (Fsp3) is 0.500. The van der Waals surface area contributed by atoms with Crippen LogP contribution in [0.15, 0.2) is 12.1 Å². The normalized spacial score (nSPS) is 13.3. The van der Waals surface area contributed by atoms with E-state index in [2.05, 4.69) is 4.74 Å². The number of ether oxygens (including phenoxy) is 1. The topological polar surface area (TPSA) is 49.4 Å². The minimum absolute atomic E-state index is 2.07. The van der Waals surface area contributed by atoms with Crippen LogP contribution in [0.25, 0.3) is 0 Å². The molecule has 1 atom stereocenters. The lowest BCUT2D eigenvalue weighted by atomic mass is 10.6. The largest absolute Gasteiger partial charge is 0.746 e. The molecule has 0 heterocycles. The minimum atomic E-state index is -6.25. The molecule has 0 spiro atoms. The lowest BCUT2D eigenvalue weighted by molar-refractivity contribution is -0.385. The van der Waals surface area contributed by atoms with E-state index in [9.17, 15) is 39.0 Å². The molecule has 0 radical (unpaired) electrons. The minimum Gasteiger partial charge on any atom is -0.746 e. The van der Waals surface area contributed by atoms with Crippen molar-refractivity contribution in [1.82, 2.24) is 0 Å². The van der Waals surface area contributed by atoms with E-state index in [0.717, 1.165) is 0 Å². The average molecular weight is 299 g/mol. The molecule has 0 aliphatic heterocycles. The fourth-order valence-corrected chi connectivity index (χ4v) is 0.209. The van der Waals surface area contributed by atoms with E-state index in [1.807, 2.05) is 0 Å². The van der Waals surface area contributed by atoms with Crippen molar-refractivity contribution in [2.45, 2.75) is 12.3 Å². The number of hydrogen-bond donors (Lipinski definition) is 0. The highest BCUT2D eigenvalue weighted by atomic mass is 32.2. The van der Waals surface area contributed by atoms with Crippen LogP contribution < -0.4 is 0 Å². The second-order valence-corrected chi connectivity index (χ2v) is 2.23. The molecule has 104 valence electrons. The molecule has 17 heavy (non-hydrogen) atoms. The molecule has 13 heteroatoms. The fourth-order valence-electron chi connectivity index (χ4n) is 0.209. The molecule has 0 aliphatic carbocycles. The molecule has 0 aromatic carbocycles. The average Bonchev–Trinajstić information content (AvgIpc) is 1.99. The zero-order chi connectivity index (χ0) is 14.4. The standard InChI is InChI=1S/C4F8O.FHO2S/c5-1(6)2(7)13-4(11,12)3(8,9)10;1-4(2)3/h;(H,2,3)/p-1. The van der Waals surface area contributed by atoms with Gasteiger partial charge in [0.05, 0.1) is 0 Å². The first-order valence-electron chi connectivity index (χ1n) is 2.91. The summed E-state index contributed by atoms with van der Waals surface area (Å²) in [5, 5.41) is 0. The highest BCUT2D eigenvalue weighted by Gasteiger charge is 2.62. The Balaban J connectivity index is 0. The SMILES string of the molecule is FC(F)=C(F)OC(F)(F)C(F)(F)F.O=S([O-])F. The first-order valence-corrected chi connectivity index (χ1v) is 3.88. The maximum atomic E-state index is 11.6. The quantitative estimate of drug-likeness (QED) is 0.341. The van der Waals surface area contributed by atoms with Gasteiger partial charge in [0.1, 0.15) is 11.5 Å². The Hall–Kier alpha value is -0.980. The molecule has 0 fully saturated rings. The van der Waals surface area contributed by atoms with Crippen molar-refractivity contribution < 1.29 is 52.5 Å². The zero-order valence-electron chi connectivity index (χ0n) is 7.03. The van der Waals surface area contributed by atoms with Crippen LogP contribution in [0.5, 0.6) is 0 Å². The van der Waals surface area contributed by atoms with Gasteiger partial charge in [0, 0.05) is 0 Å². The molecule has 0 amide bonds. The van der Waals surface area contributed by atoms with Gasteiger partial charge in [0.15, 0.2) is 0 Å². The number of hydrogen-bond acceptors (Lipinski definition) is 3. The Morgan fingerprint density at radius 2 is 1.35 bits per heavy atom. The molecule has 0 bridgehead atoms. The molecular weight excluding hydrogens is 299 g/mol. The third kappa shape index (κ3) is 8.79. The smallest absolute Gasteiger partial charge is 0.500 e. The van der Waals surface area contributed by atoms with Crippen molar-refractivity contribution in [3.05, 3.63) is 12.1 Å². The number of alkyl halides is 5. The molecule has 0 aromatic heterocycles. The van der Waals surface area contributed by atoms with Gasteiger partial charge in [0.2, 0.25) is 0 Å². The first-order chi connectivity index (χ1) is 7.31. The Labute approximate surface area is 89.4 Å². The summed E-state index contributed by atoms with van der Waals surface area (Å²) in [5.41, 5.74) is 0. The van der Waals surface area contributed by atoms with Crippen molar-refractivity contribution in [3.8, 4) is 0 Å². The van der Waals surface area contributed by atoms with E-state index in [1.54, 1.807) is 0 Å². The molecule has 0 saturated heterocycles. The summed E-state index contributed by atoms with van der Waals surface area (Å²) < 4.78 is 119. The van der Waals surface area contributed by atoms with Gasteiger partial charge in [-0.05, 0) is 0 Å². The van der Waals surface area contributed by atoms with Crippen molar-refractivity contribution in [2.24, 2.45) is 0 Å². The molecule has 0 aliphatic rings. The molecular formula is C4F9O3S-. The molecule has 0 aromatic rings. The van der Waals surface area contributed by atoms with Gasteiger partial charge >= 0.3 is 24.4 Å². The lowest BCUT2D eigenvalue weighted by Crippen LogP contribution is -2.38. The zero-order valence-corrected chi connectivity index (χ0v) is 7.85. The predicted octanol–water partition coefficient (Wildman–Crippen LogP) is 2.94. The highest BCUT2D eigenvalue weighted by molar-refractivity contribution is 7.73. The van der Waals surface area contributed by atoms with E-state index in [0.29, 0.717) is 0 Å². The van der Waals surface area contributed by atoms with Gasteiger partial charge < -0.3 is 9.29 Å². The third-order valence-electron chi connectivity index (χ3n) is 0.696. The van der Waals surface area contributed by atoms with Crippen molar-refractivity contribution in [1.29, 1.82) is 0 Å². The van der Waals surface area contributed by atoms with Crippen LogP contribution in [0.1, 0.15) is 0 Å². The summed E-state index contributed by atoms with van der Waals surface area (Å²) in [5.74, 6) is 0. The van der Waals surface area contributed by atoms with E-state index in [-0.39, 0.29) is 0 Å². The van der Waals surface area contributed by atoms with Crippen LogP contribution >= 0.6 is 0 Å². The van der Waals surface area contributed by atoms with Crippen molar-refractivity contribution in [3.63, 3.8) is 0 Å². The van der Waals surface area contributed by atoms with Crippen LogP contribution in [-0.4, -0.2) is 21.0 Å². The number of rotatable bonds is 2. The molecule has 0 N–H and O–H groups in total. The lowest BCUT2D eigenvalue weighted by Gasteiger charge is -2.17. The summed E-state index contributed by atoms with van der Waals surface area (Å²) in [6, 6.07) is -3.26. The van der Waals surface area contributed by atoms with Gasteiger partial charge in [-0.3, -0.25) is 0 Å². The Morgan fingerprint density at radius 1 is 1.06 bits per heavy atom. The molecule has 3 nitrogen and oxygen atoms in total. The van der Waals surface area contributed by atoms with E-state index in [1.165, 1.54) is 0 Å². The van der Waals surface area contributed by atoms with Crippen LogP contribution in [0.3, 0.4) is 0 Å². The number of halogens is 9. The summed E-state index contributed by atoms with van der Waals surface area (Å²) >= 11 is -3.36. The van der Waals surface area contributed by atoms with Gasteiger partial charge in [0.25, 0.3) is 0 Å². The van der Waals surface area contributed by atoms with Gasteiger partial charge in [-0.25, -0.2) is 4.21 Å². The summed E-state index contributed by atoms with van der Waals surface area (Å²) in [4.78, 5) is 0. The van der Waals surface area contributed by atoms with Crippen LogP contribution in [0.4, 0.5) is 39.0 Å². The maximum absolute atomic E-state index is 11.6. The van der Waals surface area contributed by atoms with Crippen LogP contribution in [-0.2, 0) is 16.2 Å². The van der Waals surface area contributed by atoms with Gasteiger partial charge in [-0.15, -0.1) is 3.89 Å². The third-order valence-corrected chi connectivity index (χ3v) is 0.696. The Morgan fingerprint density at radius 3 is 1.53 bits per heavy atom. The predicted molar refractivity (Wildman–Crippen MR) is 32.5 cm³/mol. The van der Waals surface area contributed by atoms with Gasteiger partial charge in [-0.1, -0.05) is 0 Å². The molecule has 1 unspecified atom stereocenters. The van der Waals surface area contributed by atoms with Gasteiger partial charge in [-0.2, -0.15) is 35.1 Å².